The first-order valence-corrected chi connectivity index (χ1v) is 6.04. The van der Waals surface area contributed by atoms with Gasteiger partial charge in [0.25, 0.3) is 0 Å². The fourth-order valence-corrected chi connectivity index (χ4v) is 2.13. The first-order valence-electron chi connectivity index (χ1n) is 5.22. The fourth-order valence-electron chi connectivity index (χ4n) is 1.19. The van der Waals surface area contributed by atoms with Gasteiger partial charge in [-0.2, -0.15) is 0 Å². The molecule has 1 aromatic carbocycles. The third kappa shape index (κ3) is 4.26. The van der Waals surface area contributed by atoms with Crippen molar-refractivity contribution in [2.45, 2.75) is 4.90 Å². The summed E-state index contributed by atoms with van der Waals surface area (Å²) in [6, 6.07) is 6.71. The van der Waals surface area contributed by atoms with Gasteiger partial charge >= 0.3 is 11.9 Å². The Kier molecular flexibility index (Phi) is 5.81. The van der Waals surface area contributed by atoms with E-state index in [0.717, 1.165) is 17.8 Å². The van der Waals surface area contributed by atoms with E-state index in [0.29, 0.717) is 16.7 Å². The zero-order valence-corrected chi connectivity index (χ0v) is 11.2. The van der Waals surface area contributed by atoms with Crippen LogP contribution in [0.4, 0.5) is 0 Å². The van der Waals surface area contributed by atoms with Gasteiger partial charge in [-0.15, -0.1) is 0 Å². The van der Waals surface area contributed by atoms with Gasteiger partial charge in [0.15, 0.2) is 6.29 Å². The zero-order chi connectivity index (χ0) is 14.3. The molecule has 0 amide bonds. The minimum Gasteiger partial charge on any atom is -0.466 e. The Morgan fingerprint density at radius 2 is 1.84 bits per heavy atom. The normalized spacial score (nSPS) is 10.7. The molecule has 0 N–H and O–H groups in total. The largest absolute Gasteiger partial charge is 0.466 e. The number of ether oxygens (including phenoxy) is 2. The van der Waals surface area contributed by atoms with Crippen molar-refractivity contribution in [1.29, 1.82) is 0 Å². The molecular weight excluding hydrogens is 268 g/mol. The van der Waals surface area contributed by atoms with E-state index >= 15 is 0 Å². The highest BCUT2D eigenvalue weighted by molar-refractivity contribution is 8.04. The van der Waals surface area contributed by atoms with Gasteiger partial charge in [0.2, 0.25) is 0 Å². The number of carbonyl (C=O) groups excluding carboxylic acids is 3. The second-order valence-electron chi connectivity index (χ2n) is 3.28. The number of aldehydes is 1. The van der Waals surface area contributed by atoms with Crippen molar-refractivity contribution in [3.05, 3.63) is 40.8 Å². The van der Waals surface area contributed by atoms with Crippen LogP contribution in [0.15, 0.2) is 40.1 Å². The molecule has 0 saturated heterocycles. The van der Waals surface area contributed by atoms with Gasteiger partial charge in [-0.05, 0) is 6.07 Å². The molecule has 0 atom stereocenters. The predicted molar refractivity (Wildman–Crippen MR) is 69.8 cm³/mol. The monoisotopic (exact) mass is 280 g/mol. The molecule has 1 rings (SSSR count). The van der Waals surface area contributed by atoms with Crippen LogP contribution in [0.5, 0.6) is 0 Å². The van der Waals surface area contributed by atoms with Crippen molar-refractivity contribution < 1.29 is 23.9 Å². The Balaban J connectivity index is 3.07. The Labute approximate surface area is 114 Å². The molecule has 0 unspecified atom stereocenters. The number of carbonyl (C=O) groups is 3. The molecule has 100 valence electrons. The summed E-state index contributed by atoms with van der Waals surface area (Å²) in [6.07, 6.45) is 1.70. The summed E-state index contributed by atoms with van der Waals surface area (Å²) >= 11 is 0.971. The van der Waals surface area contributed by atoms with Crippen molar-refractivity contribution in [2.75, 3.05) is 14.2 Å². The quantitative estimate of drug-likeness (QED) is 0.354. The second kappa shape index (κ2) is 7.38. The molecule has 0 radical (unpaired) electrons. The maximum Gasteiger partial charge on any atom is 0.344 e. The van der Waals surface area contributed by atoms with Crippen molar-refractivity contribution in [3.8, 4) is 0 Å². The highest BCUT2D eigenvalue weighted by Crippen LogP contribution is 2.29. The van der Waals surface area contributed by atoms with Gasteiger partial charge in [0.1, 0.15) is 4.91 Å². The smallest absolute Gasteiger partial charge is 0.344 e. The topological polar surface area (TPSA) is 69.7 Å². The lowest BCUT2D eigenvalue weighted by Gasteiger charge is -2.06. The third-order valence-electron chi connectivity index (χ3n) is 2.10. The van der Waals surface area contributed by atoms with Crippen LogP contribution >= 0.6 is 11.8 Å². The number of thioether (sulfide) groups is 1. The molecule has 19 heavy (non-hydrogen) atoms. The summed E-state index contributed by atoms with van der Waals surface area (Å²) in [7, 11) is 2.41. The van der Waals surface area contributed by atoms with Crippen LogP contribution in [-0.2, 0) is 19.1 Å². The molecular formula is C13H12O5S. The lowest BCUT2D eigenvalue weighted by Crippen LogP contribution is -2.06. The summed E-state index contributed by atoms with van der Waals surface area (Å²) in [4.78, 5) is 34.2. The lowest BCUT2D eigenvalue weighted by molar-refractivity contribution is -0.137. The average molecular weight is 280 g/mol. The van der Waals surface area contributed by atoms with Gasteiger partial charge in [-0.1, -0.05) is 30.0 Å². The van der Waals surface area contributed by atoms with E-state index in [1.807, 2.05) is 0 Å². The van der Waals surface area contributed by atoms with Crippen LogP contribution in [0.3, 0.4) is 0 Å². The molecule has 0 aliphatic carbocycles. The van der Waals surface area contributed by atoms with Crippen LogP contribution in [-0.4, -0.2) is 32.4 Å². The summed E-state index contributed by atoms with van der Waals surface area (Å²) in [6.45, 7) is 0. The van der Waals surface area contributed by atoms with E-state index in [-0.39, 0.29) is 4.91 Å². The van der Waals surface area contributed by atoms with Crippen molar-refractivity contribution in [1.82, 2.24) is 0 Å². The fraction of sp³-hybridized carbons (Fsp3) is 0.154. The number of esters is 2. The zero-order valence-electron chi connectivity index (χ0n) is 10.4. The van der Waals surface area contributed by atoms with Crippen LogP contribution in [0.1, 0.15) is 10.4 Å². The minimum absolute atomic E-state index is 0.0450. The third-order valence-corrected chi connectivity index (χ3v) is 3.20. The number of methoxy groups -OCH3 is 2. The molecule has 0 aliphatic heterocycles. The number of hydrogen-bond donors (Lipinski definition) is 0. The van der Waals surface area contributed by atoms with E-state index in [9.17, 15) is 14.4 Å². The van der Waals surface area contributed by atoms with Crippen LogP contribution in [0, 0.1) is 0 Å². The molecule has 0 fully saturated rings. The van der Waals surface area contributed by atoms with Crippen LogP contribution in [0.2, 0.25) is 0 Å². The van der Waals surface area contributed by atoms with Gasteiger partial charge in [0, 0.05) is 16.5 Å². The number of rotatable bonds is 5. The first kappa shape index (κ1) is 15.0. The maximum absolute atomic E-state index is 11.6. The van der Waals surface area contributed by atoms with E-state index < -0.39 is 11.9 Å². The van der Waals surface area contributed by atoms with Gasteiger partial charge in [-0.25, -0.2) is 9.59 Å². The average Bonchev–Trinajstić information content (AvgIpc) is 2.45. The Morgan fingerprint density at radius 3 is 2.42 bits per heavy atom. The highest BCUT2D eigenvalue weighted by atomic mass is 32.2. The second-order valence-corrected chi connectivity index (χ2v) is 4.36. The molecule has 0 heterocycles. The number of benzene rings is 1. The Bertz CT molecular complexity index is 522. The molecule has 0 aromatic heterocycles. The van der Waals surface area contributed by atoms with E-state index in [1.165, 1.54) is 14.2 Å². The van der Waals surface area contributed by atoms with Gasteiger partial charge in [-0.3, -0.25) is 4.79 Å². The lowest BCUT2D eigenvalue weighted by atomic mass is 10.2. The Morgan fingerprint density at radius 1 is 1.16 bits per heavy atom. The van der Waals surface area contributed by atoms with Crippen molar-refractivity contribution in [3.63, 3.8) is 0 Å². The SMILES string of the molecule is COC(=O)/C=C(\Sc1ccccc1C=O)C(=O)OC. The molecule has 5 nitrogen and oxygen atoms in total. The molecule has 0 spiro atoms. The van der Waals surface area contributed by atoms with Gasteiger partial charge in [0.05, 0.1) is 14.2 Å². The van der Waals surface area contributed by atoms with Crippen LogP contribution < -0.4 is 0 Å². The highest BCUT2D eigenvalue weighted by Gasteiger charge is 2.15. The van der Waals surface area contributed by atoms with E-state index in [2.05, 4.69) is 9.47 Å². The minimum atomic E-state index is -0.670. The van der Waals surface area contributed by atoms with Crippen molar-refractivity contribution >= 4 is 30.0 Å². The first-order chi connectivity index (χ1) is 9.12. The molecule has 0 aliphatic rings. The van der Waals surface area contributed by atoms with Crippen molar-refractivity contribution in [2.24, 2.45) is 0 Å². The summed E-state index contributed by atoms with van der Waals surface area (Å²) in [5, 5.41) is 0. The molecule has 0 bridgehead atoms. The van der Waals surface area contributed by atoms with E-state index in [4.69, 9.17) is 0 Å². The Hall–Kier alpha value is -2.08. The van der Waals surface area contributed by atoms with Crippen LogP contribution in [0.25, 0.3) is 0 Å². The van der Waals surface area contributed by atoms with Gasteiger partial charge < -0.3 is 9.47 Å². The van der Waals surface area contributed by atoms with E-state index in [1.54, 1.807) is 24.3 Å². The summed E-state index contributed by atoms with van der Waals surface area (Å²) in [5.41, 5.74) is 0.423. The summed E-state index contributed by atoms with van der Waals surface area (Å²) in [5.74, 6) is -1.34. The predicted octanol–water partition coefficient (Wildman–Crippen LogP) is 1.82. The molecule has 0 saturated carbocycles. The summed E-state index contributed by atoms with van der Waals surface area (Å²) < 4.78 is 9.04. The maximum atomic E-state index is 11.6. The molecule has 6 heteroatoms. The number of hydrogen-bond acceptors (Lipinski definition) is 6. The standard InChI is InChI=1S/C13H12O5S/c1-17-12(15)7-11(13(16)18-2)19-10-6-4-3-5-9(10)8-14/h3-8H,1-2H3/b11-7-. The molecule has 1 aromatic rings.